The Morgan fingerprint density at radius 1 is 1.67 bits per heavy atom. The summed E-state index contributed by atoms with van der Waals surface area (Å²) in [6.45, 7) is 2.18. The van der Waals surface area contributed by atoms with Crippen molar-refractivity contribution in [3.63, 3.8) is 0 Å². The van der Waals surface area contributed by atoms with Crippen LogP contribution in [0.15, 0.2) is 4.79 Å². The Bertz CT molecular complexity index is 421. The number of nitrogens with one attached hydrogen (secondary N) is 1. The lowest BCUT2D eigenvalue weighted by atomic mass is 9.91. The van der Waals surface area contributed by atoms with Crippen molar-refractivity contribution < 1.29 is 9.53 Å². The number of esters is 1. The Morgan fingerprint density at radius 2 is 2.47 bits per heavy atom. The topological polar surface area (TPSA) is 59.2 Å². The highest BCUT2D eigenvalue weighted by molar-refractivity contribution is 7.09. The molecule has 0 amide bonds. The van der Waals surface area contributed by atoms with Gasteiger partial charge in [0.05, 0.1) is 12.5 Å². The van der Waals surface area contributed by atoms with E-state index in [0.29, 0.717) is 6.61 Å². The zero-order chi connectivity index (χ0) is 10.8. The second-order valence-electron chi connectivity index (χ2n) is 3.55. The number of aryl methyl sites for hydroxylation is 1. The average Bonchev–Trinajstić information content (AvgIpc) is 2.57. The van der Waals surface area contributed by atoms with E-state index in [4.69, 9.17) is 4.74 Å². The van der Waals surface area contributed by atoms with Crippen molar-refractivity contribution in [2.45, 2.75) is 32.1 Å². The first kappa shape index (κ1) is 10.4. The minimum atomic E-state index is -0.257. The van der Waals surface area contributed by atoms with Crippen LogP contribution < -0.4 is 4.87 Å². The molecule has 15 heavy (non-hydrogen) atoms. The summed E-state index contributed by atoms with van der Waals surface area (Å²) in [6.07, 6.45) is 2.62. The van der Waals surface area contributed by atoms with E-state index in [1.807, 2.05) is 0 Å². The quantitative estimate of drug-likeness (QED) is 0.777. The molecule has 82 valence electrons. The summed E-state index contributed by atoms with van der Waals surface area (Å²) in [5.74, 6) is -0.472. The van der Waals surface area contributed by atoms with Crippen LogP contribution in [0.1, 0.15) is 36.3 Å². The summed E-state index contributed by atoms with van der Waals surface area (Å²) >= 11 is 1.21. The van der Waals surface area contributed by atoms with E-state index in [9.17, 15) is 9.59 Å². The maximum absolute atomic E-state index is 11.6. The molecular formula is C10H13NO3S. The Morgan fingerprint density at radius 3 is 3.20 bits per heavy atom. The first-order chi connectivity index (χ1) is 7.22. The number of H-pyrrole nitrogens is 1. The maximum atomic E-state index is 11.6. The molecule has 1 aliphatic rings. The predicted octanol–water partition coefficient (Wildman–Crippen LogP) is 1.42. The van der Waals surface area contributed by atoms with Gasteiger partial charge in [-0.1, -0.05) is 11.3 Å². The average molecular weight is 227 g/mol. The number of carbonyl (C=O) groups is 1. The number of hydrogen-bond donors (Lipinski definition) is 1. The molecule has 0 aromatic carbocycles. The summed E-state index contributed by atoms with van der Waals surface area (Å²) in [4.78, 5) is 26.5. The zero-order valence-corrected chi connectivity index (χ0v) is 9.36. The highest BCUT2D eigenvalue weighted by atomic mass is 32.1. The Hall–Kier alpha value is -1.10. The Kier molecular flexibility index (Phi) is 2.90. The molecule has 0 saturated heterocycles. The molecule has 0 radical (unpaired) electrons. The van der Waals surface area contributed by atoms with Crippen LogP contribution in [0.25, 0.3) is 0 Å². The standard InChI is InChI=1S/C10H13NO3S/c1-2-14-9(12)6-4-3-5-7-8(6)11-10(13)15-7/h6H,2-5H2,1H3,(H,11,13)/t6-/m0/s1. The lowest BCUT2D eigenvalue weighted by molar-refractivity contribution is -0.145. The van der Waals surface area contributed by atoms with Crippen LogP contribution in [-0.2, 0) is 16.0 Å². The maximum Gasteiger partial charge on any atom is 0.314 e. The Labute approximate surface area is 91.3 Å². The van der Waals surface area contributed by atoms with Gasteiger partial charge in [-0.3, -0.25) is 9.59 Å². The molecule has 0 aliphatic heterocycles. The van der Waals surface area contributed by atoms with E-state index in [1.54, 1.807) is 6.92 Å². The molecular weight excluding hydrogens is 214 g/mol. The molecule has 0 fully saturated rings. The Balaban J connectivity index is 2.29. The van der Waals surface area contributed by atoms with E-state index in [1.165, 1.54) is 11.3 Å². The molecule has 5 heteroatoms. The number of aromatic nitrogens is 1. The third-order valence-corrected chi connectivity index (χ3v) is 3.53. The molecule has 0 bridgehead atoms. The molecule has 1 aromatic rings. The number of hydrogen-bond acceptors (Lipinski definition) is 4. The first-order valence-corrected chi connectivity index (χ1v) is 5.92. The van der Waals surface area contributed by atoms with Gasteiger partial charge in [0, 0.05) is 10.6 Å². The third kappa shape index (κ3) is 1.97. The SMILES string of the molecule is CCOC(=O)[C@H]1CCCc2sc(=O)[nH]c21. The fraction of sp³-hybridized carbons (Fsp3) is 0.600. The van der Waals surface area contributed by atoms with E-state index in [-0.39, 0.29) is 16.8 Å². The molecule has 1 N–H and O–H groups in total. The predicted molar refractivity (Wildman–Crippen MR) is 57.3 cm³/mol. The van der Waals surface area contributed by atoms with E-state index >= 15 is 0 Å². The van der Waals surface area contributed by atoms with E-state index < -0.39 is 0 Å². The van der Waals surface area contributed by atoms with Crippen molar-refractivity contribution in [3.05, 3.63) is 20.2 Å². The number of carbonyl (C=O) groups excluding carboxylic acids is 1. The van der Waals surface area contributed by atoms with Crippen LogP contribution in [0, 0.1) is 0 Å². The van der Waals surface area contributed by atoms with Crippen LogP contribution in [0.3, 0.4) is 0 Å². The molecule has 0 unspecified atom stereocenters. The second-order valence-corrected chi connectivity index (χ2v) is 4.62. The second kappa shape index (κ2) is 4.18. The molecule has 2 rings (SSSR count). The number of fused-ring (bicyclic) bond motifs is 1. The van der Waals surface area contributed by atoms with Gasteiger partial charge in [0.2, 0.25) is 0 Å². The highest BCUT2D eigenvalue weighted by Gasteiger charge is 2.29. The van der Waals surface area contributed by atoms with Crippen molar-refractivity contribution in [1.82, 2.24) is 4.98 Å². The molecule has 1 heterocycles. The van der Waals surface area contributed by atoms with Gasteiger partial charge in [0.15, 0.2) is 0 Å². The monoisotopic (exact) mass is 227 g/mol. The molecule has 1 aliphatic carbocycles. The van der Waals surface area contributed by atoms with Crippen LogP contribution in [0.4, 0.5) is 0 Å². The fourth-order valence-electron chi connectivity index (χ4n) is 1.93. The lowest BCUT2D eigenvalue weighted by Crippen LogP contribution is -2.21. The summed E-state index contributed by atoms with van der Waals surface area (Å²) in [5.41, 5.74) is 0.787. The minimum Gasteiger partial charge on any atom is -0.465 e. The molecule has 0 spiro atoms. The van der Waals surface area contributed by atoms with Crippen LogP contribution in [-0.4, -0.2) is 17.6 Å². The summed E-state index contributed by atoms with van der Waals surface area (Å²) in [5, 5.41) is 0. The van der Waals surface area contributed by atoms with Gasteiger partial charge in [-0.05, 0) is 26.2 Å². The van der Waals surface area contributed by atoms with Gasteiger partial charge in [-0.2, -0.15) is 0 Å². The fourth-order valence-corrected chi connectivity index (χ4v) is 2.86. The van der Waals surface area contributed by atoms with Crippen molar-refractivity contribution >= 4 is 17.3 Å². The third-order valence-electron chi connectivity index (χ3n) is 2.57. The summed E-state index contributed by atoms with van der Waals surface area (Å²) in [7, 11) is 0. The summed E-state index contributed by atoms with van der Waals surface area (Å²) in [6, 6.07) is 0. The van der Waals surface area contributed by atoms with Gasteiger partial charge in [-0.15, -0.1) is 0 Å². The van der Waals surface area contributed by atoms with Gasteiger partial charge >= 0.3 is 10.8 Å². The molecule has 4 nitrogen and oxygen atoms in total. The lowest BCUT2D eigenvalue weighted by Gasteiger charge is -2.19. The van der Waals surface area contributed by atoms with Crippen molar-refractivity contribution in [2.75, 3.05) is 6.61 Å². The van der Waals surface area contributed by atoms with Crippen LogP contribution in [0.2, 0.25) is 0 Å². The molecule has 1 aromatic heterocycles. The normalized spacial score (nSPS) is 19.7. The van der Waals surface area contributed by atoms with Crippen LogP contribution in [0.5, 0.6) is 0 Å². The highest BCUT2D eigenvalue weighted by Crippen LogP contribution is 2.32. The summed E-state index contributed by atoms with van der Waals surface area (Å²) < 4.78 is 4.99. The van der Waals surface area contributed by atoms with E-state index in [0.717, 1.165) is 29.8 Å². The van der Waals surface area contributed by atoms with Gasteiger partial charge in [0.25, 0.3) is 0 Å². The molecule has 1 atom stereocenters. The largest absolute Gasteiger partial charge is 0.465 e. The van der Waals surface area contributed by atoms with Gasteiger partial charge in [0.1, 0.15) is 0 Å². The molecule has 0 saturated carbocycles. The van der Waals surface area contributed by atoms with Crippen LogP contribution >= 0.6 is 11.3 Å². The number of rotatable bonds is 2. The van der Waals surface area contributed by atoms with Crippen molar-refractivity contribution in [2.24, 2.45) is 0 Å². The smallest absolute Gasteiger partial charge is 0.314 e. The van der Waals surface area contributed by atoms with Crippen molar-refractivity contribution in [3.8, 4) is 0 Å². The zero-order valence-electron chi connectivity index (χ0n) is 8.54. The van der Waals surface area contributed by atoms with Gasteiger partial charge in [-0.25, -0.2) is 0 Å². The number of thiazole rings is 1. The number of aromatic amines is 1. The minimum absolute atomic E-state index is 0.0730. The van der Waals surface area contributed by atoms with E-state index in [2.05, 4.69) is 4.98 Å². The first-order valence-electron chi connectivity index (χ1n) is 5.11. The van der Waals surface area contributed by atoms with Gasteiger partial charge < -0.3 is 9.72 Å². The number of ether oxygens (including phenoxy) is 1. The van der Waals surface area contributed by atoms with Crippen molar-refractivity contribution in [1.29, 1.82) is 0 Å².